The van der Waals surface area contributed by atoms with Crippen LogP contribution in [0, 0.1) is 17.1 Å². The summed E-state index contributed by atoms with van der Waals surface area (Å²) in [5.41, 5.74) is 1.78. The topological polar surface area (TPSA) is 66.0 Å². The Bertz CT molecular complexity index is 983. The van der Waals surface area contributed by atoms with E-state index in [-0.39, 0.29) is 11.4 Å². The molecule has 3 rings (SSSR count). The predicted molar refractivity (Wildman–Crippen MR) is 101 cm³/mol. The molecule has 0 radical (unpaired) electrons. The lowest BCUT2D eigenvalue weighted by molar-refractivity contribution is -0.117. The summed E-state index contributed by atoms with van der Waals surface area (Å²) in [6, 6.07) is 20.9. The first-order chi connectivity index (χ1) is 13.2. The molecule has 0 unspecified atom stereocenters. The Morgan fingerprint density at radius 3 is 2.52 bits per heavy atom. The highest BCUT2D eigenvalue weighted by molar-refractivity contribution is 6.01. The van der Waals surface area contributed by atoms with E-state index in [0.717, 1.165) is 5.56 Å². The van der Waals surface area contributed by atoms with Crippen molar-refractivity contribution in [1.29, 1.82) is 5.26 Å². The number of hydrogen-bond donors (Lipinski definition) is 1. The molecule has 2 aromatic carbocycles. The third kappa shape index (κ3) is 4.93. The maximum Gasteiger partial charge on any atom is 0.262 e. The van der Waals surface area contributed by atoms with Gasteiger partial charge in [0, 0.05) is 18.2 Å². The number of rotatable bonds is 6. The molecule has 134 valence electrons. The molecule has 4 nitrogen and oxygen atoms in total. The Morgan fingerprint density at radius 2 is 1.81 bits per heavy atom. The van der Waals surface area contributed by atoms with Crippen LogP contribution in [0.1, 0.15) is 11.3 Å². The fourth-order valence-electron chi connectivity index (χ4n) is 2.55. The molecule has 0 aliphatic heterocycles. The fraction of sp³-hybridized carbons (Fsp3) is 0.0909. The highest BCUT2D eigenvalue weighted by Gasteiger charge is 2.11. The van der Waals surface area contributed by atoms with Gasteiger partial charge in [-0.15, -0.1) is 0 Å². The van der Waals surface area contributed by atoms with Gasteiger partial charge in [-0.05, 0) is 48.4 Å². The van der Waals surface area contributed by atoms with E-state index in [1.807, 2.05) is 36.4 Å². The summed E-state index contributed by atoms with van der Waals surface area (Å²) in [5, 5.41) is 12.0. The van der Waals surface area contributed by atoms with E-state index in [1.165, 1.54) is 18.2 Å². The lowest BCUT2D eigenvalue weighted by Crippen LogP contribution is -2.26. The summed E-state index contributed by atoms with van der Waals surface area (Å²) in [5.74, 6) is 0.129. The third-order valence-electron chi connectivity index (χ3n) is 3.95. The van der Waals surface area contributed by atoms with Crippen molar-refractivity contribution in [3.8, 4) is 17.4 Å². The molecule has 0 saturated heterocycles. The average molecular weight is 360 g/mol. The predicted octanol–water partition coefficient (Wildman–Crippen LogP) is 4.35. The largest absolute Gasteiger partial charge is 0.457 e. The van der Waals surface area contributed by atoms with Crippen molar-refractivity contribution in [2.24, 2.45) is 0 Å². The van der Waals surface area contributed by atoms with Crippen LogP contribution >= 0.6 is 0 Å². The molecular formula is C22H17FN2O2. The zero-order valence-electron chi connectivity index (χ0n) is 14.5. The lowest BCUT2D eigenvalue weighted by atomic mass is 10.1. The van der Waals surface area contributed by atoms with Gasteiger partial charge in [-0.3, -0.25) is 4.79 Å². The average Bonchev–Trinajstić information content (AvgIpc) is 3.16. The Balaban J connectivity index is 1.64. The van der Waals surface area contributed by atoms with E-state index >= 15 is 0 Å². The lowest BCUT2D eigenvalue weighted by Gasteiger charge is -2.04. The Labute approximate surface area is 156 Å². The quantitative estimate of drug-likeness (QED) is 0.525. The normalized spacial score (nSPS) is 11.0. The monoisotopic (exact) mass is 360 g/mol. The molecule has 1 N–H and O–H groups in total. The van der Waals surface area contributed by atoms with Crippen LogP contribution in [0.15, 0.2) is 76.7 Å². The van der Waals surface area contributed by atoms with Crippen molar-refractivity contribution in [1.82, 2.24) is 5.32 Å². The molecule has 0 spiro atoms. The van der Waals surface area contributed by atoms with Crippen molar-refractivity contribution in [3.05, 3.63) is 89.4 Å². The zero-order chi connectivity index (χ0) is 19.1. The zero-order valence-corrected chi connectivity index (χ0v) is 14.5. The molecule has 1 heterocycles. The first kappa shape index (κ1) is 18.2. The number of nitrogens with zero attached hydrogens (tertiary/aromatic N) is 1. The van der Waals surface area contributed by atoms with Gasteiger partial charge >= 0.3 is 0 Å². The number of amides is 1. The van der Waals surface area contributed by atoms with Gasteiger partial charge in [-0.1, -0.05) is 30.3 Å². The second kappa shape index (κ2) is 8.63. The summed E-state index contributed by atoms with van der Waals surface area (Å²) >= 11 is 0. The highest BCUT2D eigenvalue weighted by atomic mass is 19.1. The van der Waals surface area contributed by atoms with Crippen LogP contribution in [0.3, 0.4) is 0 Å². The summed E-state index contributed by atoms with van der Waals surface area (Å²) in [7, 11) is 0. The molecule has 3 aromatic rings. The number of carbonyl (C=O) groups excluding carboxylic acids is 1. The molecule has 5 heteroatoms. The van der Waals surface area contributed by atoms with Gasteiger partial charge in [0.25, 0.3) is 5.91 Å². The second-order valence-electron chi connectivity index (χ2n) is 5.87. The van der Waals surface area contributed by atoms with Crippen molar-refractivity contribution in [2.75, 3.05) is 6.54 Å². The highest BCUT2D eigenvalue weighted by Crippen LogP contribution is 2.23. The van der Waals surface area contributed by atoms with Gasteiger partial charge in [-0.2, -0.15) is 5.26 Å². The molecule has 0 aliphatic carbocycles. The molecule has 0 saturated carbocycles. The van der Waals surface area contributed by atoms with Crippen LogP contribution in [0.4, 0.5) is 4.39 Å². The summed E-state index contributed by atoms with van der Waals surface area (Å²) in [6.45, 7) is 0.431. The summed E-state index contributed by atoms with van der Waals surface area (Å²) < 4.78 is 18.6. The summed E-state index contributed by atoms with van der Waals surface area (Å²) in [4.78, 5) is 12.2. The fourth-order valence-corrected chi connectivity index (χ4v) is 2.55. The van der Waals surface area contributed by atoms with Crippen molar-refractivity contribution in [2.45, 2.75) is 6.42 Å². The van der Waals surface area contributed by atoms with Gasteiger partial charge < -0.3 is 9.73 Å². The van der Waals surface area contributed by atoms with Crippen LogP contribution < -0.4 is 5.32 Å². The number of benzene rings is 2. The van der Waals surface area contributed by atoms with Crippen LogP contribution in [-0.2, 0) is 11.2 Å². The third-order valence-corrected chi connectivity index (χ3v) is 3.95. The van der Waals surface area contributed by atoms with Crippen LogP contribution in [0.25, 0.3) is 17.4 Å². The van der Waals surface area contributed by atoms with Gasteiger partial charge in [0.2, 0.25) is 0 Å². The number of halogens is 1. The van der Waals surface area contributed by atoms with Gasteiger partial charge in [0.15, 0.2) is 0 Å². The van der Waals surface area contributed by atoms with E-state index in [0.29, 0.717) is 30.0 Å². The van der Waals surface area contributed by atoms with Gasteiger partial charge in [-0.25, -0.2) is 4.39 Å². The maximum atomic E-state index is 13.0. The number of furan rings is 1. The first-order valence-corrected chi connectivity index (χ1v) is 8.45. The number of nitriles is 1. The number of nitrogens with one attached hydrogen (secondary N) is 1. The molecule has 0 aliphatic rings. The van der Waals surface area contributed by atoms with Gasteiger partial charge in [0.1, 0.15) is 29.0 Å². The molecule has 27 heavy (non-hydrogen) atoms. The molecular weight excluding hydrogens is 343 g/mol. The Kier molecular flexibility index (Phi) is 5.80. The second-order valence-corrected chi connectivity index (χ2v) is 5.87. The minimum atomic E-state index is -0.451. The molecule has 0 fully saturated rings. The van der Waals surface area contributed by atoms with Crippen molar-refractivity contribution in [3.63, 3.8) is 0 Å². The van der Waals surface area contributed by atoms with Crippen LogP contribution in [0.2, 0.25) is 0 Å². The van der Waals surface area contributed by atoms with E-state index in [1.54, 1.807) is 24.3 Å². The van der Waals surface area contributed by atoms with Crippen molar-refractivity contribution >= 4 is 12.0 Å². The SMILES string of the molecule is N#C/C(=C/c1ccc(-c2ccc(F)cc2)o1)C(=O)NCCc1ccccc1. The standard InChI is InChI=1S/C22H17FN2O2/c23-19-8-6-17(7-9-19)21-11-10-20(27-21)14-18(15-24)22(26)25-13-12-16-4-2-1-3-5-16/h1-11,14H,12-13H2,(H,25,26)/b18-14-. The van der Waals surface area contributed by atoms with Crippen molar-refractivity contribution < 1.29 is 13.6 Å². The van der Waals surface area contributed by atoms with E-state index in [4.69, 9.17) is 4.42 Å². The maximum absolute atomic E-state index is 13.0. The number of hydrogen-bond acceptors (Lipinski definition) is 3. The molecule has 0 bridgehead atoms. The van der Waals surface area contributed by atoms with E-state index < -0.39 is 5.91 Å². The molecule has 1 aromatic heterocycles. The number of carbonyl (C=O) groups is 1. The Hall–Kier alpha value is -3.65. The van der Waals surface area contributed by atoms with Gasteiger partial charge in [0.05, 0.1) is 0 Å². The van der Waals surface area contributed by atoms with E-state index in [2.05, 4.69) is 5.32 Å². The van der Waals surface area contributed by atoms with E-state index in [9.17, 15) is 14.4 Å². The summed E-state index contributed by atoms with van der Waals surface area (Å²) in [6.07, 6.45) is 2.08. The first-order valence-electron chi connectivity index (χ1n) is 8.45. The van der Waals surface area contributed by atoms with Crippen LogP contribution in [0.5, 0.6) is 0 Å². The molecule has 1 amide bonds. The Morgan fingerprint density at radius 1 is 1.07 bits per heavy atom. The minimum Gasteiger partial charge on any atom is -0.457 e. The smallest absolute Gasteiger partial charge is 0.262 e. The molecule has 0 atom stereocenters. The van der Waals surface area contributed by atoms with Crippen LogP contribution in [-0.4, -0.2) is 12.5 Å². The minimum absolute atomic E-state index is 0.0388.